The number of nitriles is 1. The van der Waals surface area contributed by atoms with Crippen LogP contribution in [0.3, 0.4) is 0 Å². The summed E-state index contributed by atoms with van der Waals surface area (Å²) in [4.78, 5) is 11.1. The van der Waals surface area contributed by atoms with Gasteiger partial charge in [-0.25, -0.2) is 9.97 Å². The highest BCUT2D eigenvalue weighted by atomic mass is 16.3. The summed E-state index contributed by atoms with van der Waals surface area (Å²) in [5.41, 5.74) is 10.8. The summed E-state index contributed by atoms with van der Waals surface area (Å²) in [5, 5.41) is 25.3. The first-order chi connectivity index (χ1) is 34.1. The Bertz CT molecular complexity index is 4530. The van der Waals surface area contributed by atoms with Crippen molar-refractivity contribution in [2.75, 3.05) is 0 Å². The van der Waals surface area contributed by atoms with Crippen LogP contribution < -0.4 is 0 Å². The van der Waals surface area contributed by atoms with Gasteiger partial charge in [-0.05, 0) is 116 Å². The van der Waals surface area contributed by atoms with Gasteiger partial charge < -0.3 is 13.4 Å². The Kier molecular flexibility index (Phi) is 7.75. The highest BCUT2D eigenvalue weighted by Gasteiger charge is 2.24. The van der Waals surface area contributed by atoms with E-state index in [2.05, 4.69) is 187 Å². The molecule has 0 atom stereocenters. The Morgan fingerprint density at radius 3 is 1.48 bits per heavy atom. The van der Waals surface area contributed by atoms with Gasteiger partial charge in [0.05, 0.1) is 34.1 Å². The van der Waals surface area contributed by atoms with Gasteiger partial charge in [-0.1, -0.05) is 133 Å². The van der Waals surface area contributed by atoms with Crippen LogP contribution in [0.15, 0.2) is 215 Å². The van der Waals surface area contributed by atoms with Crippen molar-refractivity contribution in [1.29, 1.82) is 5.26 Å². The number of furan rings is 2. The fraction of sp³-hybridized carbons (Fsp3) is 0. The molecule has 0 fully saturated rings. The van der Waals surface area contributed by atoms with Crippen LogP contribution >= 0.6 is 0 Å². The van der Waals surface area contributed by atoms with Crippen molar-refractivity contribution in [1.82, 2.24) is 14.5 Å². The summed E-state index contributed by atoms with van der Waals surface area (Å²) < 4.78 is 16.3. The van der Waals surface area contributed by atoms with Gasteiger partial charge in [0.2, 0.25) is 0 Å². The number of benzene rings is 11. The molecule has 0 N–H and O–H groups in total. The lowest BCUT2D eigenvalue weighted by Gasteiger charge is -2.13. The summed E-state index contributed by atoms with van der Waals surface area (Å²) in [6.45, 7) is 0. The zero-order valence-corrected chi connectivity index (χ0v) is 36.7. The molecule has 15 rings (SSSR count). The second-order valence-corrected chi connectivity index (χ2v) is 17.9. The van der Waals surface area contributed by atoms with Crippen LogP contribution in [0.25, 0.3) is 148 Å². The van der Waals surface area contributed by atoms with Crippen molar-refractivity contribution in [3.8, 4) is 45.7 Å². The molecule has 0 bridgehead atoms. The molecular formula is C63H34N4O2. The fourth-order valence-corrected chi connectivity index (χ4v) is 11.1. The molecule has 0 saturated heterocycles. The molecule has 0 spiro atoms. The van der Waals surface area contributed by atoms with Gasteiger partial charge in [0.1, 0.15) is 22.3 Å². The van der Waals surface area contributed by atoms with E-state index < -0.39 is 0 Å². The molecule has 11 aromatic carbocycles. The molecule has 0 amide bonds. The maximum Gasteiger partial charge on any atom is 0.160 e. The molecule has 15 aromatic rings. The maximum absolute atomic E-state index is 10.0. The first-order valence-electron chi connectivity index (χ1n) is 23.1. The third-order valence-corrected chi connectivity index (χ3v) is 14.2. The van der Waals surface area contributed by atoms with Crippen LogP contribution in [0.4, 0.5) is 0 Å². The SMILES string of the molecule is N#Cc1ccc2c3cc(-c4nc(-c5cc6ccccc6c6c5oc5ccc7ccccc7c56)cc(-c5cc6ccccc6c6c5oc5ccc7ccccc7c56)n4)ccc3n(-c3ccccc3)c2c1. The number of para-hydroxylation sites is 1. The molecule has 318 valence electrons. The van der Waals surface area contributed by atoms with Crippen molar-refractivity contribution < 1.29 is 8.83 Å². The molecule has 0 aliphatic rings. The largest absolute Gasteiger partial charge is 0.455 e. The molecule has 6 heteroatoms. The lowest BCUT2D eigenvalue weighted by atomic mass is 9.94. The molecule has 69 heavy (non-hydrogen) atoms. The molecule has 6 nitrogen and oxygen atoms in total. The van der Waals surface area contributed by atoms with E-state index in [1.807, 2.05) is 30.3 Å². The fourth-order valence-electron chi connectivity index (χ4n) is 11.1. The van der Waals surface area contributed by atoms with Gasteiger partial charge in [-0.15, -0.1) is 0 Å². The van der Waals surface area contributed by atoms with Crippen LogP contribution in [0.5, 0.6) is 0 Å². The highest BCUT2D eigenvalue weighted by Crippen LogP contribution is 2.47. The molecule has 0 radical (unpaired) electrons. The number of fused-ring (bicyclic) bond motifs is 17. The van der Waals surface area contributed by atoms with E-state index >= 15 is 0 Å². The molecule has 0 saturated carbocycles. The molecule has 4 aromatic heterocycles. The van der Waals surface area contributed by atoms with Gasteiger partial charge in [0, 0.05) is 54.7 Å². The average Bonchev–Trinajstić information content (AvgIpc) is 4.11. The van der Waals surface area contributed by atoms with E-state index in [-0.39, 0.29) is 0 Å². The van der Waals surface area contributed by atoms with Gasteiger partial charge in [-0.2, -0.15) is 5.26 Å². The molecule has 0 unspecified atom stereocenters. The average molecular weight is 879 g/mol. The van der Waals surface area contributed by atoms with Gasteiger partial charge in [-0.3, -0.25) is 0 Å². The molecule has 4 heterocycles. The van der Waals surface area contributed by atoms with Gasteiger partial charge in [0.15, 0.2) is 5.82 Å². The van der Waals surface area contributed by atoms with E-state index in [9.17, 15) is 5.26 Å². The summed E-state index contributed by atoms with van der Waals surface area (Å²) in [5.74, 6) is 0.560. The number of aromatic nitrogens is 3. The van der Waals surface area contributed by atoms with Gasteiger partial charge in [0.25, 0.3) is 0 Å². The standard InChI is InChI=1S/C63H34N4O2/c64-35-36-22-26-47-48-33-41(23-27-53(48)67(54(47)30-36)42-16-2-1-3-17-42)63-65-51(49-31-39-14-6-10-20-45(39)59-57-43-18-8-4-12-37(43)24-28-55(57)68-61(49)59)34-52(66-63)50-32-40-15-7-11-21-46(40)60-58-44-19-9-5-13-38(44)25-29-56(58)69-62(50)60/h1-34H. The molecule has 0 aliphatic heterocycles. The minimum atomic E-state index is 0.560. The lowest BCUT2D eigenvalue weighted by Crippen LogP contribution is -1.97. The summed E-state index contributed by atoms with van der Waals surface area (Å²) in [7, 11) is 0. The third kappa shape index (κ3) is 5.47. The number of rotatable bonds is 4. The first kappa shape index (κ1) is 37.6. The Labute approximate surface area is 393 Å². The Balaban J connectivity index is 1.06. The quantitative estimate of drug-likeness (QED) is 0.176. The van der Waals surface area contributed by atoms with Crippen molar-refractivity contribution in [2.24, 2.45) is 0 Å². The second kappa shape index (κ2) is 14.2. The van der Waals surface area contributed by atoms with Crippen LogP contribution in [-0.2, 0) is 0 Å². The molecular weight excluding hydrogens is 845 g/mol. The van der Waals surface area contributed by atoms with Crippen molar-refractivity contribution in [2.45, 2.75) is 0 Å². The maximum atomic E-state index is 10.0. The van der Waals surface area contributed by atoms with E-state index in [0.717, 1.165) is 143 Å². The van der Waals surface area contributed by atoms with E-state index in [1.54, 1.807) is 0 Å². The highest BCUT2D eigenvalue weighted by molar-refractivity contribution is 6.30. The minimum Gasteiger partial charge on any atom is -0.455 e. The minimum absolute atomic E-state index is 0.560. The van der Waals surface area contributed by atoms with Crippen LogP contribution in [0.2, 0.25) is 0 Å². The second-order valence-electron chi connectivity index (χ2n) is 17.9. The van der Waals surface area contributed by atoms with Crippen LogP contribution in [0, 0.1) is 11.3 Å². The monoisotopic (exact) mass is 878 g/mol. The first-order valence-corrected chi connectivity index (χ1v) is 23.1. The Morgan fingerprint density at radius 2 is 0.913 bits per heavy atom. The zero-order valence-electron chi connectivity index (χ0n) is 36.7. The number of hydrogen-bond donors (Lipinski definition) is 0. The normalized spacial score (nSPS) is 12.0. The Morgan fingerprint density at radius 1 is 0.391 bits per heavy atom. The third-order valence-electron chi connectivity index (χ3n) is 14.2. The lowest BCUT2D eigenvalue weighted by molar-refractivity contribution is 0.670. The van der Waals surface area contributed by atoms with Crippen LogP contribution in [-0.4, -0.2) is 14.5 Å². The van der Waals surface area contributed by atoms with E-state index in [0.29, 0.717) is 11.4 Å². The summed E-state index contributed by atoms with van der Waals surface area (Å²) in [6.07, 6.45) is 0. The van der Waals surface area contributed by atoms with Crippen molar-refractivity contribution in [3.63, 3.8) is 0 Å². The topological polar surface area (TPSA) is 80.8 Å². The summed E-state index contributed by atoms with van der Waals surface area (Å²) in [6, 6.07) is 74.1. The predicted octanol–water partition coefficient (Wildman–Crippen LogP) is 16.9. The smallest absolute Gasteiger partial charge is 0.160 e. The number of hydrogen-bond acceptors (Lipinski definition) is 5. The zero-order chi connectivity index (χ0) is 45.3. The van der Waals surface area contributed by atoms with Crippen molar-refractivity contribution in [3.05, 3.63) is 212 Å². The summed E-state index contributed by atoms with van der Waals surface area (Å²) >= 11 is 0. The van der Waals surface area contributed by atoms with E-state index in [1.165, 1.54) is 0 Å². The van der Waals surface area contributed by atoms with Crippen LogP contribution in [0.1, 0.15) is 5.56 Å². The number of nitrogens with zero attached hydrogens (tertiary/aromatic N) is 4. The Hall–Kier alpha value is -9.57. The van der Waals surface area contributed by atoms with Gasteiger partial charge >= 0.3 is 0 Å². The van der Waals surface area contributed by atoms with Crippen molar-refractivity contribution >= 4 is 109 Å². The van der Waals surface area contributed by atoms with E-state index in [4.69, 9.17) is 18.8 Å². The predicted molar refractivity (Wildman–Crippen MR) is 282 cm³/mol. The molecule has 0 aliphatic carbocycles.